The van der Waals surface area contributed by atoms with E-state index < -0.39 is 12.7 Å². The Balaban J connectivity index is 1.35. The number of fused-ring (bicyclic) bond motifs is 1. The SMILES string of the molecule is [2H]C([2H])([2H])c1cc(-n2c(-c3cc(C(C)C)cc(C(C)C)c3O)nc3c(-c4cc(-c5cc(-c6ccc(C([2H])(C)C)cc6)ccn5)cc(C(C)(C)C)c4)cccc32)c(-c2ccccc2)cc1-c1ccc(C(C)(C)C)cc1. The van der Waals surface area contributed by atoms with Crippen LogP contribution in [0.25, 0.3) is 83.9 Å². The molecule has 0 aliphatic rings. The summed E-state index contributed by atoms with van der Waals surface area (Å²) in [5, 5.41) is 12.5. The van der Waals surface area contributed by atoms with Crippen LogP contribution < -0.4 is 0 Å². The Hall–Kier alpha value is -7.04. The van der Waals surface area contributed by atoms with Gasteiger partial charge in [0.1, 0.15) is 11.6 Å². The summed E-state index contributed by atoms with van der Waals surface area (Å²) in [6.45, 7) is 23.0. The van der Waals surface area contributed by atoms with Crippen LogP contribution in [-0.2, 0) is 10.8 Å². The number of aromatic hydroxyl groups is 1. The van der Waals surface area contributed by atoms with E-state index in [-0.39, 0.29) is 34.0 Å². The minimum atomic E-state index is -2.49. The second-order valence-corrected chi connectivity index (χ2v) is 21.9. The number of phenolic OH excluding ortho intramolecular Hbond substituents is 1. The molecule has 2 aromatic heterocycles. The van der Waals surface area contributed by atoms with Crippen LogP contribution in [0.4, 0.5) is 0 Å². The van der Waals surface area contributed by atoms with Crippen LogP contribution in [0, 0.1) is 6.85 Å². The zero-order chi connectivity index (χ0) is 53.2. The largest absolute Gasteiger partial charge is 0.507 e. The lowest BCUT2D eigenvalue weighted by atomic mass is 9.83. The predicted molar refractivity (Wildman–Crippen MR) is 298 cm³/mol. The van der Waals surface area contributed by atoms with Crippen molar-refractivity contribution in [1.82, 2.24) is 14.5 Å². The molecular formula is C66H69N3O. The third-order valence-corrected chi connectivity index (χ3v) is 13.9. The highest BCUT2D eigenvalue weighted by molar-refractivity contribution is 5.98. The summed E-state index contributed by atoms with van der Waals surface area (Å²) in [6, 6.07) is 51.7. The highest BCUT2D eigenvalue weighted by Gasteiger charge is 2.27. The van der Waals surface area contributed by atoms with E-state index in [2.05, 4.69) is 159 Å². The monoisotopic (exact) mass is 924 g/mol. The van der Waals surface area contributed by atoms with Gasteiger partial charge in [0.15, 0.2) is 0 Å². The topological polar surface area (TPSA) is 50.9 Å². The molecule has 9 aromatic rings. The fourth-order valence-corrected chi connectivity index (χ4v) is 9.52. The van der Waals surface area contributed by atoms with E-state index in [1.165, 1.54) is 0 Å². The van der Waals surface area contributed by atoms with Crippen molar-refractivity contribution in [3.63, 3.8) is 0 Å². The Bertz CT molecular complexity index is 3530. The molecule has 354 valence electrons. The molecule has 0 aliphatic carbocycles. The normalized spacial score (nSPS) is 13.4. The molecule has 0 amide bonds. The van der Waals surface area contributed by atoms with Gasteiger partial charge in [-0.15, -0.1) is 0 Å². The molecular weight excluding hydrogens is 851 g/mol. The van der Waals surface area contributed by atoms with E-state index in [4.69, 9.17) is 15.5 Å². The number of imidazole rings is 1. The van der Waals surface area contributed by atoms with Crippen molar-refractivity contribution in [1.29, 1.82) is 0 Å². The number of aryl methyl sites for hydroxylation is 1. The number of hydrogen-bond acceptors (Lipinski definition) is 3. The smallest absolute Gasteiger partial charge is 0.149 e. The van der Waals surface area contributed by atoms with Gasteiger partial charge in [-0.1, -0.05) is 186 Å². The average molecular weight is 924 g/mol. The molecule has 4 heteroatoms. The molecule has 9 rings (SSSR count). The van der Waals surface area contributed by atoms with E-state index in [0.717, 1.165) is 83.5 Å². The maximum absolute atomic E-state index is 12.5. The molecule has 0 atom stereocenters. The van der Waals surface area contributed by atoms with Gasteiger partial charge in [0.05, 0.1) is 28.0 Å². The van der Waals surface area contributed by atoms with Gasteiger partial charge in [-0.05, 0) is 151 Å². The minimum absolute atomic E-state index is 0.00672. The molecule has 0 bridgehead atoms. The molecule has 0 spiro atoms. The summed E-state index contributed by atoms with van der Waals surface area (Å²) in [4.78, 5) is 10.6. The van der Waals surface area contributed by atoms with Crippen molar-refractivity contribution in [3.05, 3.63) is 191 Å². The Morgan fingerprint density at radius 2 is 1.20 bits per heavy atom. The van der Waals surface area contributed by atoms with E-state index in [1.807, 2.05) is 86.8 Å². The Labute approximate surface area is 422 Å². The van der Waals surface area contributed by atoms with Gasteiger partial charge in [-0.2, -0.15) is 0 Å². The van der Waals surface area contributed by atoms with Crippen LogP contribution in [0.15, 0.2) is 158 Å². The van der Waals surface area contributed by atoms with E-state index in [1.54, 1.807) is 0 Å². The minimum Gasteiger partial charge on any atom is -0.507 e. The summed E-state index contributed by atoms with van der Waals surface area (Å²) in [5.41, 5.74) is 16.6. The Morgan fingerprint density at radius 3 is 1.84 bits per heavy atom. The molecule has 7 aromatic carbocycles. The second kappa shape index (κ2) is 18.7. The molecule has 0 saturated heterocycles. The molecule has 0 fully saturated rings. The molecule has 70 heavy (non-hydrogen) atoms. The molecule has 0 radical (unpaired) electrons. The third kappa shape index (κ3) is 9.37. The van der Waals surface area contributed by atoms with Crippen LogP contribution in [0.1, 0.15) is 140 Å². The number of pyridine rings is 1. The maximum atomic E-state index is 12.5. The highest BCUT2D eigenvalue weighted by Crippen LogP contribution is 2.46. The van der Waals surface area contributed by atoms with E-state index in [9.17, 15) is 5.11 Å². The number of phenols is 1. The molecule has 0 unspecified atom stereocenters. The number of aromatic nitrogens is 3. The van der Waals surface area contributed by atoms with Crippen LogP contribution in [-0.4, -0.2) is 19.6 Å². The number of nitrogens with zero attached hydrogens (tertiary/aromatic N) is 3. The highest BCUT2D eigenvalue weighted by atomic mass is 16.3. The lowest BCUT2D eigenvalue weighted by molar-refractivity contribution is 0.466. The quantitative estimate of drug-likeness (QED) is 0.149. The molecule has 0 saturated carbocycles. The standard InChI is InChI=1S/C66H69N3O/c1-40(2)44-22-24-45(25-23-44)48-30-31-67-59(38-48)51-33-50(34-53(35-51)66(11,12)13)54-20-17-21-60-62(54)68-64(58-37-49(41(3)4)36-55(42(5)6)63(58)70)69(60)61-32-43(7)56(39-57(61)46-18-15-14-16-19-46)47-26-28-52(29-27-47)65(8,9)10/h14-42,70H,1-13H3/i7D3,40D. The van der Waals surface area contributed by atoms with Crippen molar-refractivity contribution in [2.45, 2.75) is 118 Å². The van der Waals surface area contributed by atoms with Gasteiger partial charge < -0.3 is 5.11 Å². The summed E-state index contributed by atoms with van der Waals surface area (Å²) in [5.74, 6) is 0.109. The first-order valence-electron chi connectivity index (χ1n) is 26.7. The van der Waals surface area contributed by atoms with Crippen LogP contribution in [0.2, 0.25) is 0 Å². The lowest BCUT2D eigenvalue weighted by Gasteiger charge is -2.22. The van der Waals surface area contributed by atoms with Gasteiger partial charge in [-0.3, -0.25) is 9.55 Å². The zero-order valence-corrected chi connectivity index (χ0v) is 43.0. The summed E-state index contributed by atoms with van der Waals surface area (Å²) >= 11 is 0. The van der Waals surface area contributed by atoms with Crippen molar-refractivity contribution >= 4 is 11.0 Å². The predicted octanol–water partition coefficient (Wildman–Crippen LogP) is 18.4. The number of hydrogen-bond donors (Lipinski definition) is 1. The van der Waals surface area contributed by atoms with Crippen molar-refractivity contribution in [2.24, 2.45) is 0 Å². The maximum Gasteiger partial charge on any atom is 0.149 e. The van der Waals surface area contributed by atoms with Gasteiger partial charge in [0, 0.05) is 28.4 Å². The first-order valence-corrected chi connectivity index (χ1v) is 24.7. The number of rotatable bonds is 10. The van der Waals surface area contributed by atoms with E-state index >= 15 is 0 Å². The summed E-state index contributed by atoms with van der Waals surface area (Å²) in [7, 11) is 0. The molecule has 1 N–H and O–H groups in total. The van der Waals surface area contributed by atoms with Crippen LogP contribution in [0.5, 0.6) is 5.75 Å². The summed E-state index contributed by atoms with van der Waals surface area (Å²) in [6.07, 6.45) is 1.86. The average Bonchev–Trinajstić information content (AvgIpc) is 3.74. The van der Waals surface area contributed by atoms with Crippen molar-refractivity contribution in [3.8, 4) is 78.6 Å². The van der Waals surface area contributed by atoms with Crippen molar-refractivity contribution < 1.29 is 10.6 Å². The van der Waals surface area contributed by atoms with Gasteiger partial charge in [0.25, 0.3) is 0 Å². The third-order valence-electron chi connectivity index (χ3n) is 13.9. The van der Waals surface area contributed by atoms with Crippen molar-refractivity contribution in [2.75, 3.05) is 0 Å². The second-order valence-electron chi connectivity index (χ2n) is 21.9. The summed E-state index contributed by atoms with van der Waals surface area (Å²) < 4.78 is 38.0. The van der Waals surface area contributed by atoms with Crippen LogP contribution >= 0.6 is 0 Å². The van der Waals surface area contributed by atoms with Gasteiger partial charge in [-0.25, -0.2) is 4.98 Å². The molecule has 4 nitrogen and oxygen atoms in total. The molecule has 0 aliphatic heterocycles. The Kier molecular flexibility index (Phi) is 11.5. The number of para-hydroxylation sites is 1. The van der Waals surface area contributed by atoms with Gasteiger partial charge >= 0.3 is 0 Å². The first-order chi connectivity index (χ1) is 34.8. The van der Waals surface area contributed by atoms with Gasteiger partial charge in [0.2, 0.25) is 0 Å². The zero-order valence-electron chi connectivity index (χ0n) is 47.0. The van der Waals surface area contributed by atoms with E-state index in [0.29, 0.717) is 28.2 Å². The lowest BCUT2D eigenvalue weighted by Crippen LogP contribution is -2.11. The Morgan fingerprint density at radius 1 is 0.529 bits per heavy atom. The molecule has 2 heterocycles. The number of benzene rings is 7. The fourth-order valence-electron chi connectivity index (χ4n) is 9.52. The first kappa shape index (κ1) is 43.0. The van der Waals surface area contributed by atoms with Crippen LogP contribution in [0.3, 0.4) is 0 Å². The fraction of sp³-hybridized carbons (Fsp3) is 0.273.